The molecule has 0 amide bonds. The molecule has 1 unspecified atom stereocenters. The van der Waals surface area contributed by atoms with Crippen LogP contribution in [-0.4, -0.2) is 16.2 Å². The van der Waals surface area contributed by atoms with Crippen molar-refractivity contribution in [3.8, 4) is 0 Å². The quantitative estimate of drug-likeness (QED) is 0.299. The molecule has 1 aliphatic carbocycles. The van der Waals surface area contributed by atoms with E-state index in [1.165, 1.54) is 47.2 Å². The van der Waals surface area contributed by atoms with Crippen molar-refractivity contribution in [2.24, 2.45) is 0 Å². The van der Waals surface area contributed by atoms with Crippen molar-refractivity contribution in [2.75, 3.05) is 0 Å². The van der Waals surface area contributed by atoms with Crippen LogP contribution in [0, 0.1) is 0 Å². The molecule has 0 aromatic heterocycles. The number of aliphatic carboxylic acids is 1. The zero-order valence-electron chi connectivity index (χ0n) is 18.4. The molecule has 1 aliphatic rings. The Morgan fingerprint density at radius 3 is 2.06 bits per heavy atom. The average molecular weight is 435 g/mol. The van der Waals surface area contributed by atoms with Crippen LogP contribution in [-0.2, 0) is 17.6 Å². The number of rotatable bonds is 2. The fourth-order valence-electron chi connectivity index (χ4n) is 4.96. The number of hydrogen-bond acceptors (Lipinski definition) is 2. The summed E-state index contributed by atoms with van der Waals surface area (Å²) < 4.78 is 0. The van der Waals surface area contributed by atoms with Crippen LogP contribution in [0.1, 0.15) is 35.6 Å². The fourth-order valence-corrected chi connectivity index (χ4v) is 4.96. The molecule has 0 aliphatic heterocycles. The summed E-state index contributed by atoms with van der Waals surface area (Å²) in [4.78, 5) is 10.7. The minimum absolute atomic E-state index is 0.431. The van der Waals surface area contributed by atoms with E-state index >= 15 is 0 Å². The van der Waals surface area contributed by atoms with Gasteiger partial charge in [0.15, 0.2) is 6.10 Å². The molecule has 0 bridgehead atoms. The summed E-state index contributed by atoms with van der Waals surface area (Å²) in [6.07, 6.45) is 3.75. The molecule has 0 saturated carbocycles. The van der Waals surface area contributed by atoms with Crippen LogP contribution in [0.2, 0.25) is 0 Å². The first kappa shape index (κ1) is 21.2. The maximum atomic E-state index is 10.7. The van der Waals surface area contributed by atoms with Gasteiger partial charge in [0.25, 0.3) is 0 Å². The largest absolute Gasteiger partial charge is 0.479 e. The maximum absolute atomic E-state index is 10.7. The first-order valence-electron chi connectivity index (χ1n) is 11.4. The van der Waals surface area contributed by atoms with Gasteiger partial charge in [-0.2, -0.15) is 0 Å². The van der Waals surface area contributed by atoms with Crippen LogP contribution in [0.4, 0.5) is 0 Å². The van der Waals surface area contributed by atoms with E-state index in [1.54, 1.807) is 29.3 Å². The molecule has 0 fully saturated rings. The van der Waals surface area contributed by atoms with Crippen LogP contribution in [0.15, 0.2) is 91.0 Å². The van der Waals surface area contributed by atoms with Gasteiger partial charge < -0.3 is 10.2 Å². The van der Waals surface area contributed by atoms with Crippen molar-refractivity contribution >= 4 is 38.3 Å². The Kier molecular flexibility index (Phi) is 5.80. The summed E-state index contributed by atoms with van der Waals surface area (Å²) in [6.45, 7) is 0. The molecule has 5 aromatic rings. The number of hydrogen-bond donors (Lipinski definition) is 2. The van der Waals surface area contributed by atoms with Gasteiger partial charge in [-0.15, -0.1) is 0 Å². The van der Waals surface area contributed by atoms with Gasteiger partial charge in [0.1, 0.15) is 0 Å². The molecule has 1 atom stereocenters. The number of benzene rings is 5. The Balaban J connectivity index is 0.000000141. The molecular formula is C30H26O3. The Morgan fingerprint density at radius 1 is 0.636 bits per heavy atom. The highest BCUT2D eigenvalue weighted by molar-refractivity contribution is 6.08. The molecule has 33 heavy (non-hydrogen) atoms. The van der Waals surface area contributed by atoms with E-state index < -0.39 is 12.1 Å². The average Bonchev–Trinajstić information content (AvgIpc) is 2.88. The lowest BCUT2D eigenvalue weighted by Crippen LogP contribution is -2.10. The predicted octanol–water partition coefficient (Wildman–Crippen LogP) is 6.83. The zero-order chi connectivity index (χ0) is 22.8. The van der Waals surface area contributed by atoms with E-state index in [4.69, 9.17) is 5.11 Å². The van der Waals surface area contributed by atoms with Gasteiger partial charge in [0, 0.05) is 0 Å². The molecular weight excluding hydrogens is 408 g/mol. The topological polar surface area (TPSA) is 57.5 Å². The van der Waals surface area contributed by atoms with Gasteiger partial charge >= 0.3 is 5.97 Å². The van der Waals surface area contributed by atoms with E-state index in [2.05, 4.69) is 48.5 Å². The maximum Gasteiger partial charge on any atom is 0.337 e. The molecule has 0 saturated heterocycles. The monoisotopic (exact) mass is 434 g/mol. The molecule has 0 spiro atoms. The van der Waals surface area contributed by atoms with Crippen LogP contribution in [0.3, 0.4) is 0 Å². The predicted molar refractivity (Wildman–Crippen MR) is 135 cm³/mol. The lowest BCUT2D eigenvalue weighted by atomic mass is 9.86. The summed E-state index contributed by atoms with van der Waals surface area (Å²) in [5.41, 5.74) is 3.61. The first-order chi connectivity index (χ1) is 16.1. The Hall–Kier alpha value is -3.69. The van der Waals surface area contributed by atoms with E-state index in [1.807, 2.05) is 24.3 Å². The number of aliphatic hydroxyl groups excluding tert-OH is 1. The van der Waals surface area contributed by atoms with E-state index in [9.17, 15) is 9.90 Å². The Morgan fingerprint density at radius 2 is 1.27 bits per heavy atom. The van der Waals surface area contributed by atoms with Gasteiger partial charge in [-0.1, -0.05) is 91.0 Å². The van der Waals surface area contributed by atoms with Gasteiger partial charge in [0.2, 0.25) is 0 Å². The highest BCUT2D eigenvalue weighted by atomic mass is 16.4. The van der Waals surface area contributed by atoms with Gasteiger partial charge in [0.05, 0.1) is 0 Å². The number of carboxylic acids is 1. The Labute approximate surface area is 192 Å². The molecule has 0 heterocycles. The highest BCUT2D eigenvalue weighted by Gasteiger charge is 2.17. The van der Waals surface area contributed by atoms with Crippen molar-refractivity contribution in [3.63, 3.8) is 0 Å². The fraction of sp³-hybridized carbons (Fsp3) is 0.167. The van der Waals surface area contributed by atoms with E-state index in [0.29, 0.717) is 5.56 Å². The number of aliphatic hydroxyl groups is 1. The van der Waals surface area contributed by atoms with E-state index in [-0.39, 0.29) is 0 Å². The van der Waals surface area contributed by atoms with Crippen LogP contribution < -0.4 is 0 Å². The number of aryl methyl sites for hydroxylation is 2. The third kappa shape index (κ3) is 4.08. The third-order valence-electron chi connectivity index (χ3n) is 6.61. The van der Waals surface area contributed by atoms with E-state index in [0.717, 1.165) is 10.8 Å². The summed E-state index contributed by atoms with van der Waals surface area (Å²) in [7, 11) is 0. The Bertz CT molecular complexity index is 1460. The van der Waals surface area contributed by atoms with Crippen molar-refractivity contribution < 1.29 is 15.0 Å². The molecule has 0 radical (unpaired) electrons. The summed E-state index contributed by atoms with van der Waals surface area (Å²) in [5.74, 6) is -1.23. The lowest BCUT2D eigenvalue weighted by Gasteiger charge is -2.18. The van der Waals surface area contributed by atoms with Gasteiger partial charge in [-0.25, -0.2) is 4.79 Å². The van der Waals surface area contributed by atoms with Gasteiger partial charge in [-0.05, 0) is 74.7 Å². The standard InChI is InChI=1S/C18H16.C12H10O3/c1-3-7-15-13(5-1)9-11-18-16-8-4-2-6-14(16)10-12-17(15)18;13-11(12(14)15)10-7-3-5-8-4-1-2-6-9(8)10/h1,3,5,7,9-12H,2,4,6,8H2;1-7,11,13H,(H,14,15). The van der Waals surface area contributed by atoms with Crippen molar-refractivity contribution in [1.82, 2.24) is 0 Å². The second kappa shape index (κ2) is 9.05. The highest BCUT2D eigenvalue weighted by Crippen LogP contribution is 2.33. The molecule has 2 N–H and O–H groups in total. The molecule has 5 aromatic carbocycles. The smallest absolute Gasteiger partial charge is 0.337 e. The van der Waals surface area contributed by atoms with Gasteiger partial charge in [-0.3, -0.25) is 0 Å². The summed E-state index contributed by atoms with van der Waals surface area (Å²) in [5, 5.41) is 25.6. The first-order valence-corrected chi connectivity index (χ1v) is 11.4. The number of fused-ring (bicyclic) bond motifs is 6. The third-order valence-corrected chi connectivity index (χ3v) is 6.61. The van der Waals surface area contributed by atoms with Crippen LogP contribution in [0.5, 0.6) is 0 Å². The molecule has 3 heteroatoms. The van der Waals surface area contributed by atoms with Crippen LogP contribution >= 0.6 is 0 Å². The molecule has 3 nitrogen and oxygen atoms in total. The minimum Gasteiger partial charge on any atom is -0.479 e. The molecule has 6 rings (SSSR count). The number of carbonyl (C=O) groups is 1. The SMILES string of the molecule is O=C(O)C(O)c1cccc2ccccc12.c1ccc2c(c1)ccc1c3c(ccc12)CCCC3. The lowest BCUT2D eigenvalue weighted by molar-refractivity contribution is -0.146. The van der Waals surface area contributed by atoms with Crippen molar-refractivity contribution in [2.45, 2.75) is 31.8 Å². The number of carboxylic acid groups (broad SMARTS) is 1. The second-order valence-electron chi connectivity index (χ2n) is 8.60. The second-order valence-corrected chi connectivity index (χ2v) is 8.60. The van der Waals surface area contributed by atoms with Crippen molar-refractivity contribution in [3.05, 3.63) is 108 Å². The summed E-state index contributed by atoms with van der Waals surface area (Å²) in [6, 6.07) is 30.6. The normalized spacial score (nSPS) is 13.8. The molecule has 164 valence electrons. The summed E-state index contributed by atoms with van der Waals surface area (Å²) >= 11 is 0. The van der Waals surface area contributed by atoms with Crippen molar-refractivity contribution in [1.29, 1.82) is 0 Å². The zero-order valence-corrected chi connectivity index (χ0v) is 18.4. The minimum atomic E-state index is -1.46. The van der Waals surface area contributed by atoms with Crippen LogP contribution in [0.25, 0.3) is 32.3 Å².